The highest BCUT2D eigenvalue weighted by molar-refractivity contribution is 4.87. The van der Waals surface area contributed by atoms with Gasteiger partial charge in [-0.15, -0.1) is 0 Å². The zero-order valence-corrected chi connectivity index (χ0v) is 8.37. The third kappa shape index (κ3) is 1.97. The summed E-state index contributed by atoms with van der Waals surface area (Å²) < 4.78 is 5.29. The summed E-state index contributed by atoms with van der Waals surface area (Å²) in [5.41, 5.74) is 0.0815. The first-order valence-corrected chi connectivity index (χ1v) is 4.42. The number of rotatable bonds is 1. The van der Waals surface area contributed by atoms with Crippen molar-refractivity contribution in [2.24, 2.45) is 0 Å². The summed E-state index contributed by atoms with van der Waals surface area (Å²) in [6.07, 6.45) is 0.586. The van der Waals surface area contributed by atoms with Crippen molar-refractivity contribution in [2.75, 3.05) is 13.7 Å². The van der Waals surface area contributed by atoms with E-state index in [0.29, 0.717) is 0 Å². The van der Waals surface area contributed by atoms with Crippen LogP contribution < -0.4 is 0 Å². The summed E-state index contributed by atoms with van der Waals surface area (Å²) >= 11 is 0. The first kappa shape index (κ1) is 9.96. The highest BCUT2D eigenvalue weighted by Gasteiger charge is 2.37. The van der Waals surface area contributed by atoms with Crippen molar-refractivity contribution in [3.8, 4) is 0 Å². The summed E-state index contributed by atoms with van der Waals surface area (Å²) in [5.74, 6) is 0. The molecule has 0 bridgehead atoms. The van der Waals surface area contributed by atoms with Gasteiger partial charge in [-0.25, -0.2) is 0 Å². The lowest BCUT2D eigenvalue weighted by atomic mass is 10.1. The fourth-order valence-corrected chi connectivity index (χ4v) is 1.71. The summed E-state index contributed by atoms with van der Waals surface area (Å²) in [7, 11) is 1.70. The fraction of sp³-hybridized carbons (Fsp3) is 1.00. The van der Waals surface area contributed by atoms with Gasteiger partial charge in [-0.2, -0.15) is 0 Å². The predicted molar refractivity (Wildman–Crippen MR) is 47.9 cm³/mol. The van der Waals surface area contributed by atoms with Gasteiger partial charge in [0.05, 0.1) is 6.10 Å². The molecule has 0 spiro atoms. The largest absolute Gasteiger partial charge is 0.392 e. The topological polar surface area (TPSA) is 32.7 Å². The monoisotopic (exact) mass is 173 g/mol. The highest BCUT2D eigenvalue weighted by Crippen LogP contribution is 2.26. The molecule has 0 radical (unpaired) electrons. The van der Waals surface area contributed by atoms with Crippen molar-refractivity contribution in [3.63, 3.8) is 0 Å². The predicted octanol–water partition coefficient (Wildman–Crippen LogP) is 0.824. The second-order valence-electron chi connectivity index (χ2n) is 4.40. The minimum absolute atomic E-state index is 0.0815. The Labute approximate surface area is 74.3 Å². The molecule has 3 nitrogen and oxygen atoms in total. The van der Waals surface area contributed by atoms with E-state index in [1.165, 1.54) is 0 Å². The van der Waals surface area contributed by atoms with Gasteiger partial charge in [-0.1, -0.05) is 0 Å². The van der Waals surface area contributed by atoms with Crippen molar-refractivity contribution in [1.82, 2.24) is 4.90 Å². The molecule has 0 saturated carbocycles. The number of hydrogen-bond acceptors (Lipinski definition) is 3. The van der Waals surface area contributed by atoms with Gasteiger partial charge in [0.25, 0.3) is 0 Å². The van der Waals surface area contributed by atoms with Gasteiger partial charge < -0.3 is 9.84 Å². The second-order valence-corrected chi connectivity index (χ2v) is 4.40. The van der Waals surface area contributed by atoms with Crippen LogP contribution in [-0.2, 0) is 4.74 Å². The lowest BCUT2D eigenvalue weighted by molar-refractivity contribution is -0.0478. The molecule has 1 rings (SSSR count). The van der Waals surface area contributed by atoms with E-state index < -0.39 is 0 Å². The number of hydrogen-bond donors (Lipinski definition) is 1. The van der Waals surface area contributed by atoms with Gasteiger partial charge in [0.2, 0.25) is 0 Å². The van der Waals surface area contributed by atoms with E-state index in [2.05, 4.69) is 25.7 Å². The SMILES string of the molecule is COC1CC(O)CN1C(C)(C)C. The van der Waals surface area contributed by atoms with Crippen molar-refractivity contribution in [1.29, 1.82) is 0 Å². The van der Waals surface area contributed by atoms with Crippen LogP contribution >= 0.6 is 0 Å². The van der Waals surface area contributed by atoms with E-state index in [1.807, 2.05) is 0 Å². The van der Waals surface area contributed by atoms with E-state index in [4.69, 9.17) is 4.74 Å². The van der Waals surface area contributed by atoms with Crippen LogP contribution in [0.25, 0.3) is 0 Å². The van der Waals surface area contributed by atoms with Crippen LogP contribution in [0.1, 0.15) is 27.2 Å². The lowest BCUT2D eigenvalue weighted by Crippen LogP contribution is -2.45. The minimum Gasteiger partial charge on any atom is -0.392 e. The summed E-state index contributed by atoms with van der Waals surface area (Å²) in [6, 6.07) is 0. The van der Waals surface area contributed by atoms with E-state index in [0.717, 1.165) is 13.0 Å². The molecule has 1 aliphatic heterocycles. The van der Waals surface area contributed by atoms with Gasteiger partial charge >= 0.3 is 0 Å². The zero-order chi connectivity index (χ0) is 9.35. The Bertz CT molecular complexity index is 153. The molecule has 1 fully saturated rings. The first-order chi connectivity index (χ1) is 5.45. The molecular formula is C9H19NO2. The number of ether oxygens (including phenoxy) is 1. The molecule has 2 unspecified atom stereocenters. The molecule has 1 saturated heterocycles. The maximum atomic E-state index is 9.44. The van der Waals surface area contributed by atoms with E-state index in [1.54, 1.807) is 7.11 Å². The standard InChI is InChI=1S/C9H19NO2/c1-9(2,3)10-6-7(11)5-8(10)12-4/h7-8,11H,5-6H2,1-4H3. The number of methoxy groups -OCH3 is 1. The number of likely N-dealkylation sites (tertiary alicyclic amines) is 1. The lowest BCUT2D eigenvalue weighted by Gasteiger charge is -2.35. The molecule has 0 aliphatic carbocycles. The fourth-order valence-electron chi connectivity index (χ4n) is 1.71. The van der Waals surface area contributed by atoms with Crippen LogP contribution in [0.4, 0.5) is 0 Å². The van der Waals surface area contributed by atoms with Crippen LogP contribution in [0.3, 0.4) is 0 Å². The number of nitrogens with zero attached hydrogens (tertiary/aromatic N) is 1. The van der Waals surface area contributed by atoms with E-state index in [-0.39, 0.29) is 17.9 Å². The van der Waals surface area contributed by atoms with Gasteiger partial charge in [0, 0.05) is 25.6 Å². The smallest absolute Gasteiger partial charge is 0.113 e. The Morgan fingerprint density at radius 3 is 2.33 bits per heavy atom. The first-order valence-electron chi connectivity index (χ1n) is 4.42. The molecule has 0 aromatic rings. The number of aliphatic hydroxyl groups excluding tert-OH is 1. The molecule has 1 heterocycles. The highest BCUT2D eigenvalue weighted by atomic mass is 16.5. The second kappa shape index (κ2) is 3.32. The minimum atomic E-state index is -0.228. The van der Waals surface area contributed by atoms with Crippen molar-refractivity contribution < 1.29 is 9.84 Å². The Morgan fingerprint density at radius 1 is 1.42 bits per heavy atom. The van der Waals surface area contributed by atoms with Gasteiger partial charge in [-0.3, -0.25) is 4.90 Å². The normalized spacial score (nSPS) is 32.8. The molecule has 0 amide bonds. The Morgan fingerprint density at radius 2 is 2.00 bits per heavy atom. The molecule has 2 atom stereocenters. The molecule has 3 heteroatoms. The summed E-state index contributed by atoms with van der Waals surface area (Å²) in [6.45, 7) is 7.13. The molecule has 12 heavy (non-hydrogen) atoms. The Kier molecular flexibility index (Phi) is 2.76. The van der Waals surface area contributed by atoms with Crippen LogP contribution in [0.15, 0.2) is 0 Å². The number of aliphatic hydroxyl groups is 1. The average molecular weight is 173 g/mol. The average Bonchev–Trinajstić information content (AvgIpc) is 2.29. The van der Waals surface area contributed by atoms with E-state index in [9.17, 15) is 5.11 Å². The Hall–Kier alpha value is -0.120. The van der Waals surface area contributed by atoms with Crippen LogP contribution in [-0.4, -0.2) is 41.5 Å². The Balaban J connectivity index is 2.64. The van der Waals surface area contributed by atoms with Crippen molar-refractivity contribution in [2.45, 2.75) is 45.1 Å². The summed E-state index contributed by atoms with van der Waals surface area (Å²) in [4.78, 5) is 2.19. The molecule has 0 aromatic heterocycles. The molecular weight excluding hydrogens is 154 g/mol. The van der Waals surface area contributed by atoms with Gasteiger partial charge in [0.15, 0.2) is 0 Å². The summed E-state index contributed by atoms with van der Waals surface area (Å²) in [5, 5.41) is 9.44. The molecule has 0 aromatic carbocycles. The zero-order valence-electron chi connectivity index (χ0n) is 8.37. The molecule has 72 valence electrons. The maximum Gasteiger partial charge on any atom is 0.113 e. The van der Waals surface area contributed by atoms with Crippen molar-refractivity contribution >= 4 is 0 Å². The molecule has 1 N–H and O–H groups in total. The van der Waals surface area contributed by atoms with Gasteiger partial charge in [0.1, 0.15) is 6.23 Å². The van der Waals surface area contributed by atoms with Crippen LogP contribution in [0.5, 0.6) is 0 Å². The van der Waals surface area contributed by atoms with Crippen LogP contribution in [0, 0.1) is 0 Å². The van der Waals surface area contributed by atoms with Crippen molar-refractivity contribution in [3.05, 3.63) is 0 Å². The maximum absolute atomic E-state index is 9.44. The third-order valence-corrected chi connectivity index (χ3v) is 2.36. The van der Waals surface area contributed by atoms with Crippen LogP contribution in [0.2, 0.25) is 0 Å². The van der Waals surface area contributed by atoms with E-state index >= 15 is 0 Å². The van der Waals surface area contributed by atoms with Gasteiger partial charge in [-0.05, 0) is 20.8 Å². The number of β-amino-alcohol motifs (C(OH)–C–C–N with tert-alkyl or cyclic N) is 1. The molecule has 1 aliphatic rings. The third-order valence-electron chi connectivity index (χ3n) is 2.36. The quantitative estimate of drug-likeness (QED) is 0.637.